The molecule has 3 heterocycles. The fraction of sp³-hybridized carbons (Fsp3) is 0.188. The molecule has 22 heavy (non-hydrogen) atoms. The van der Waals surface area contributed by atoms with Crippen LogP contribution in [0.2, 0.25) is 5.28 Å². The van der Waals surface area contributed by atoms with Crippen molar-refractivity contribution in [2.75, 3.05) is 11.4 Å². The Kier molecular flexibility index (Phi) is 3.47. The molecular formula is C16H12BrClN4. The molecule has 0 amide bonds. The Morgan fingerprint density at radius 2 is 2.05 bits per heavy atom. The fourth-order valence-electron chi connectivity index (χ4n) is 2.91. The van der Waals surface area contributed by atoms with E-state index in [9.17, 15) is 0 Å². The molecule has 6 heteroatoms. The van der Waals surface area contributed by atoms with Gasteiger partial charge >= 0.3 is 0 Å². The second kappa shape index (κ2) is 5.48. The van der Waals surface area contributed by atoms with Crippen LogP contribution in [0.4, 0.5) is 11.5 Å². The smallest absolute Gasteiger partial charge is 0.225 e. The van der Waals surface area contributed by atoms with E-state index in [0.29, 0.717) is 0 Å². The molecule has 0 bridgehead atoms. The van der Waals surface area contributed by atoms with E-state index in [0.717, 1.165) is 46.4 Å². The zero-order valence-corrected chi connectivity index (χ0v) is 14.0. The third-order valence-corrected chi connectivity index (χ3v) is 4.77. The maximum atomic E-state index is 6.12. The highest BCUT2D eigenvalue weighted by Crippen LogP contribution is 2.38. The Balaban J connectivity index is 1.96. The van der Waals surface area contributed by atoms with Crippen molar-refractivity contribution < 1.29 is 0 Å². The summed E-state index contributed by atoms with van der Waals surface area (Å²) in [7, 11) is 0. The van der Waals surface area contributed by atoms with E-state index in [4.69, 9.17) is 11.6 Å². The fourth-order valence-corrected chi connectivity index (χ4v) is 3.64. The van der Waals surface area contributed by atoms with Crippen molar-refractivity contribution in [2.24, 2.45) is 0 Å². The summed E-state index contributed by atoms with van der Waals surface area (Å²) in [4.78, 5) is 15.4. The minimum absolute atomic E-state index is 0.248. The highest BCUT2D eigenvalue weighted by molar-refractivity contribution is 9.10. The second-order valence-corrected chi connectivity index (χ2v) is 6.37. The lowest BCUT2D eigenvalue weighted by atomic mass is 10.0. The van der Waals surface area contributed by atoms with Gasteiger partial charge in [0.05, 0.1) is 5.52 Å². The number of fused-ring (bicyclic) bond motifs is 2. The van der Waals surface area contributed by atoms with Gasteiger partial charge in [0, 0.05) is 22.9 Å². The van der Waals surface area contributed by atoms with Crippen molar-refractivity contribution >= 4 is 50.1 Å². The van der Waals surface area contributed by atoms with Crippen LogP contribution in [0.5, 0.6) is 0 Å². The first kappa shape index (κ1) is 13.9. The number of aromatic nitrogens is 3. The summed E-state index contributed by atoms with van der Waals surface area (Å²) in [5.74, 6) is 0.773. The molecule has 4 rings (SSSR count). The number of rotatable bonds is 1. The Hall–Kier alpha value is -1.72. The molecule has 0 fully saturated rings. The summed E-state index contributed by atoms with van der Waals surface area (Å²) >= 11 is 9.76. The number of hydrogen-bond donors (Lipinski definition) is 0. The number of nitrogens with zero attached hydrogens (tertiary/aromatic N) is 4. The zero-order valence-electron chi connectivity index (χ0n) is 11.6. The maximum absolute atomic E-state index is 6.12. The molecule has 0 N–H and O–H groups in total. The van der Waals surface area contributed by atoms with E-state index < -0.39 is 0 Å². The van der Waals surface area contributed by atoms with Gasteiger partial charge in [0.2, 0.25) is 5.28 Å². The van der Waals surface area contributed by atoms with Crippen LogP contribution in [0.15, 0.2) is 41.0 Å². The minimum Gasteiger partial charge on any atom is -0.324 e. The Morgan fingerprint density at radius 1 is 1.14 bits per heavy atom. The molecular weight excluding hydrogens is 364 g/mol. The van der Waals surface area contributed by atoms with E-state index in [-0.39, 0.29) is 5.28 Å². The first-order valence-electron chi connectivity index (χ1n) is 7.07. The quantitative estimate of drug-likeness (QED) is 0.586. The summed E-state index contributed by atoms with van der Waals surface area (Å²) in [5, 5.41) is 0.248. The van der Waals surface area contributed by atoms with Crippen LogP contribution in [0.3, 0.4) is 0 Å². The molecule has 1 aliphatic rings. The molecule has 0 atom stereocenters. The van der Waals surface area contributed by atoms with E-state index >= 15 is 0 Å². The van der Waals surface area contributed by atoms with Crippen LogP contribution in [0, 0.1) is 0 Å². The zero-order chi connectivity index (χ0) is 15.1. The van der Waals surface area contributed by atoms with Crippen LogP contribution in [0.25, 0.3) is 11.0 Å². The number of pyridine rings is 1. The van der Waals surface area contributed by atoms with Crippen LogP contribution < -0.4 is 4.90 Å². The normalized spacial score (nSPS) is 14.2. The maximum Gasteiger partial charge on any atom is 0.225 e. The third-order valence-electron chi connectivity index (χ3n) is 3.86. The van der Waals surface area contributed by atoms with E-state index in [1.165, 1.54) is 5.56 Å². The van der Waals surface area contributed by atoms with E-state index in [2.05, 4.69) is 47.9 Å². The van der Waals surface area contributed by atoms with Gasteiger partial charge in [-0.05, 0) is 54.3 Å². The molecule has 1 aliphatic heterocycles. The monoisotopic (exact) mass is 374 g/mol. The molecule has 3 aromatic rings. The summed E-state index contributed by atoms with van der Waals surface area (Å²) in [6.45, 7) is 0.891. The number of hydrogen-bond acceptors (Lipinski definition) is 4. The van der Waals surface area contributed by atoms with Crippen molar-refractivity contribution in [1.82, 2.24) is 15.0 Å². The first-order chi connectivity index (χ1) is 10.7. The molecule has 0 aliphatic carbocycles. The lowest BCUT2D eigenvalue weighted by Crippen LogP contribution is -2.26. The van der Waals surface area contributed by atoms with Gasteiger partial charge in [-0.25, -0.2) is 4.98 Å². The summed E-state index contributed by atoms with van der Waals surface area (Å²) < 4.78 is 1.13. The van der Waals surface area contributed by atoms with E-state index in [1.54, 1.807) is 6.20 Å². The summed E-state index contributed by atoms with van der Waals surface area (Å²) in [5.41, 5.74) is 3.99. The first-order valence-corrected chi connectivity index (χ1v) is 8.24. The second-order valence-electron chi connectivity index (χ2n) is 5.18. The van der Waals surface area contributed by atoms with Gasteiger partial charge in [0.25, 0.3) is 0 Å². The molecule has 2 aromatic heterocycles. The Morgan fingerprint density at radius 3 is 2.95 bits per heavy atom. The predicted molar refractivity (Wildman–Crippen MR) is 91.8 cm³/mol. The highest BCUT2D eigenvalue weighted by atomic mass is 79.9. The van der Waals surface area contributed by atoms with Gasteiger partial charge in [0.15, 0.2) is 5.82 Å². The van der Waals surface area contributed by atoms with Crippen molar-refractivity contribution in [3.05, 3.63) is 51.8 Å². The predicted octanol–water partition coefficient (Wildman–Crippen LogP) is 4.53. The lowest BCUT2D eigenvalue weighted by molar-refractivity contribution is 0.757. The molecule has 0 saturated carbocycles. The highest BCUT2D eigenvalue weighted by Gasteiger charge is 2.23. The van der Waals surface area contributed by atoms with Gasteiger partial charge in [-0.3, -0.25) is 4.98 Å². The molecule has 0 spiro atoms. The van der Waals surface area contributed by atoms with Gasteiger partial charge < -0.3 is 4.90 Å². The topological polar surface area (TPSA) is 41.9 Å². The van der Waals surface area contributed by atoms with Crippen LogP contribution >= 0.6 is 27.5 Å². The average molecular weight is 376 g/mol. The van der Waals surface area contributed by atoms with Gasteiger partial charge in [-0.15, -0.1) is 0 Å². The largest absolute Gasteiger partial charge is 0.324 e. The average Bonchev–Trinajstić information content (AvgIpc) is 2.54. The van der Waals surface area contributed by atoms with Gasteiger partial charge in [-0.1, -0.05) is 22.0 Å². The number of anilines is 2. The Labute approximate surface area is 141 Å². The van der Waals surface area contributed by atoms with Crippen LogP contribution in [-0.4, -0.2) is 21.5 Å². The minimum atomic E-state index is 0.248. The van der Waals surface area contributed by atoms with Crippen LogP contribution in [0.1, 0.15) is 12.0 Å². The molecule has 0 saturated heterocycles. The SMILES string of the molecule is Clc1nc(N2CCCc3c(Br)cccc32)c2ncccc2n1. The molecule has 4 nitrogen and oxygen atoms in total. The van der Waals surface area contributed by atoms with Crippen LogP contribution in [-0.2, 0) is 6.42 Å². The summed E-state index contributed by atoms with van der Waals surface area (Å²) in [6.07, 6.45) is 3.87. The molecule has 0 radical (unpaired) electrons. The Bertz CT molecular complexity index is 868. The molecule has 1 aromatic carbocycles. The lowest BCUT2D eigenvalue weighted by Gasteiger charge is -2.31. The van der Waals surface area contributed by atoms with Crippen molar-refractivity contribution in [3.8, 4) is 0 Å². The number of halogens is 2. The summed E-state index contributed by atoms with van der Waals surface area (Å²) in [6, 6.07) is 10.00. The number of benzene rings is 1. The van der Waals surface area contributed by atoms with Crippen molar-refractivity contribution in [2.45, 2.75) is 12.8 Å². The third kappa shape index (κ3) is 2.25. The van der Waals surface area contributed by atoms with Crippen molar-refractivity contribution in [3.63, 3.8) is 0 Å². The molecule has 110 valence electrons. The van der Waals surface area contributed by atoms with Crippen molar-refractivity contribution in [1.29, 1.82) is 0 Å². The van der Waals surface area contributed by atoms with Gasteiger partial charge in [-0.2, -0.15) is 4.98 Å². The van der Waals surface area contributed by atoms with E-state index in [1.807, 2.05) is 18.2 Å². The standard InChI is InChI=1S/C16H12BrClN4/c17-11-5-1-7-13-10(11)4-3-9-22(13)15-14-12(6-2-8-19-14)20-16(18)21-15/h1-2,5-8H,3-4,9H2. The van der Waals surface area contributed by atoms with Gasteiger partial charge in [0.1, 0.15) is 5.52 Å². The molecule has 0 unspecified atom stereocenters.